The van der Waals surface area contributed by atoms with Crippen molar-refractivity contribution in [2.45, 2.75) is 51.1 Å². The highest BCUT2D eigenvalue weighted by molar-refractivity contribution is 5.83. The Morgan fingerprint density at radius 1 is 1.05 bits per heavy atom. The Morgan fingerprint density at radius 3 is 2.51 bits per heavy atom. The fourth-order valence-electron chi connectivity index (χ4n) is 4.80. The number of hydroxylamine groups is 2. The Morgan fingerprint density at radius 2 is 1.80 bits per heavy atom. The minimum atomic E-state index is -0.735. The molecule has 3 aromatic carbocycles. The van der Waals surface area contributed by atoms with E-state index in [0.717, 1.165) is 27.6 Å². The normalized spacial score (nSPS) is 18.5. The molecule has 3 atom stereocenters. The van der Waals surface area contributed by atoms with Gasteiger partial charge in [0.05, 0.1) is 25.9 Å². The number of benzene rings is 3. The minimum absolute atomic E-state index is 0.0240. The third kappa shape index (κ3) is 9.03. The van der Waals surface area contributed by atoms with E-state index in [-0.39, 0.29) is 12.0 Å². The predicted octanol–water partition coefficient (Wildman–Crippen LogP) is 6.81. The van der Waals surface area contributed by atoms with E-state index in [9.17, 15) is 4.79 Å². The standard InChI is InChI=1S/C33H41NO7/c1-6-19-37-28-15-13-25(14-16-28)29-17-18-34(41-32(35)40-33(2,3)4)23-30(29)39-31(38-21-20-36-5)27-12-11-24-9-7-8-10-26(24)22-27/h6-16,22,29-31H,1,17-21,23H2,2-5H3. The fraction of sp³-hybridized carbons (Fsp3) is 0.424. The monoisotopic (exact) mass is 563 g/mol. The zero-order valence-electron chi connectivity index (χ0n) is 24.4. The number of methoxy groups -OCH3 is 1. The molecule has 3 unspecified atom stereocenters. The van der Waals surface area contributed by atoms with E-state index in [0.29, 0.717) is 39.3 Å². The van der Waals surface area contributed by atoms with Crippen molar-refractivity contribution in [3.05, 3.63) is 90.5 Å². The molecule has 220 valence electrons. The summed E-state index contributed by atoms with van der Waals surface area (Å²) in [5.41, 5.74) is 1.35. The zero-order valence-corrected chi connectivity index (χ0v) is 24.4. The third-order valence-corrected chi connectivity index (χ3v) is 6.69. The van der Waals surface area contributed by atoms with Gasteiger partial charge in [0, 0.05) is 25.1 Å². The van der Waals surface area contributed by atoms with Crippen LogP contribution in [-0.4, -0.2) is 62.9 Å². The molecule has 0 amide bonds. The van der Waals surface area contributed by atoms with Gasteiger partial charge in [-0.15, -0.1) is 5.06 Å². The molecule has 0 aliphatic carbocycles. The summed E-state index contributed by atoms with van der Waals surface area (Å²) in [6, 6.07) is 22.4. The quantitative estimate of drug-likeness (QED) is 0.103. The fourth-order valence-corrected chi connectivity index (χ4v) is 4.80. The van der Waals surface area contributed by atoms with E-state index < -0.39 is 18.0 Å². The first-order valence-corrected chi connectivity index (χ1v) is 14.0. The van der Waals surface area contributed by atoms with Crippen LogP contribution in [0.4, 0.5) is 4.79 Å². The average molecular weight is 564 g/mol. The molecule has 0 saturated carbocycles. The molecule has 4 rings (SSSR count). The lowest BCUT2D eigenvalue weighted by molar-refractivity contribution is -0.226. The molecule has 0 bridgehead atoms. The first-order valence-electron chi connectivity index (χ1n) is 14.0. The van der Waals surface area contributed by atoms with Crippen LogP contribution >= 0.6 is 0 Å². The Bertz CT molecular complexity index is 1270. The number of carbonyl (C=O) groups is 1. The van der Waals surface area contributed by atoms with Crippen molar-refractivity contribution in [2.75, 3.05) is 40.0 Å². The maximum atomic E-state index is 12.5. The first kappa shape index (κ1) is 30.5. The topological polar surface area (TPSA) is 75.7 Å². The maximum absolute atomic E-state index is 12.5. The van der Waals surface area contributed by atoms with Gasteiger partial charge in [0.2, 0.25) is 0 Å². The lowest BCUT2D eigenvalue weighted by atomic mass is 9.87. The molecular weight excluding hydrogens is 522 g/mol. The van der Waals surface area contributed by atoms with Crippen LogP contribution < -0.4 is 4.74 Å². The number of hydrogen-bond acceptors (Lipinski definition) is 8. The number of hydrogen-bond donors (Lipinski definition) is 0. The van der Waals surface area contributed by atoms with Crippen LogP contribution in [-0.2, 0) is 23.8 Å². The number of fused-ring (bicyclic) bond motifs is 1. The predicted molar refractivity (Wildman–Crippen MR) is 158 cm³/mol. The summed E-state index contributed by atoms with van der Waals surface area (Å²) in [6.07, 6.45) is 0.669. The second-order valence-electron chi connectivity index (χ2n) is 11.0. The van der Waals surface area contributed by atoms with Gasteiger partial charge in [-0.2, -0.15) is 0 Å². The van der Waals surface area contributed by atoms with Crippen molar-refractivity contribution in [3.63, 3.8) is 0 Å². The molecule has 0 N–H and O–H groups in total. The van der Waals surface area contributed by atoms with Crippen LogP contribution in [0.3, 0.4) is 0 Å². The molecule has 41 heavy (non-hydrogen) atoms. The maximum Gasteiger partial charge on any atom is 0.528 e. The van der Waals surface area contributed by atoms with E-state index in [1.165, 1.54) is 0 Å². The van der Waals surface area contributed by atoms with Crippen LogP contribution in [0.15, 0.2) is 79.4 Å². The van der Waals surface area contributed by atoms with Crippen molar-refractivity contribution < 1.29 is 33.3 Å². The smallest absolute Gasteiger partial charge is 0.490 e. The van der Waals surface area contributed by atoms with Crippen LogP contribution in [0.2, 0.25) is 0 Å². The summed E-state index contributed by atoms with van der Waals surface area (Å²) in [6.45, 7) is 11.2. The lowest BCUT2D eigenvalue weighted by Crippen LogP contribution is -2.46. The highest BCUT2D eigenvalue weighted by Crippen LogP contribution is 2.36. The van der Waals surface area contributed by atoms with Gasteiger partial charge in [-0.3, -0.25) is 0 Å². The van der Waals surface area contributed by atoms with Gasteiger partial charge in [0.25, 0.3) is 0 Å². The SMILES string of the molecule is C=CCOc1ccc(C2CCN(OC(=O)OC(C)(C)C)CC2OC(OCCOC)c2ccc3ccccc3c2)cc1. The van der Waals surface area contributed by atoms with Crippen molar-refractivity contribution >= 4 is 16.9 Å². The van der Waals surface area contributed by atoms with Gasteiger partial charge in [0.1, 0.15) is 18.0 Å². The van der Waals surface area contributed by atoms with Gasteiger partial charge in [-0.25, -0.2) is 4.79 Å². The Hall–Kier alpha value is -3.43. The van der Waals surface area contributed by atoms with Crippen LogP contribution in [0.25, 0.3) is 10.8 Å². The largest absolute Gasteiger partial charge is 0.528 e. The summed E-state index contributed by atoms with van der Waals surface area (Å²) in [4.78, 5) is 18.1. The van der Waals surface area contributed by atoms with Crippen LogP contribution in [0.1, 0.15) is 50.5 Å². The molecular formula is C33H41NO7. The molecule has 1 aliphatic heterocycles. The van der Waals surface area contributed by atoms with Gasteiger partial charge in [-0.1, -0.05) is 61.2 Å². The number of rotatable bonds is 12. The van der Waals surface area contributed by atoms with E-state index in [1.54, 1.807) is 39.0 Å². The molecule has 8 heteroatoms. The highest BCUT2D eigenvalue weighted by atomic mass is 16.8. The minimum Gasteiger partial charge on any atom is -0.490 e. The molecule has 0 spiro atoms. The molecule has 1 aliphatic rings. The second kappa shape index (κ2) is 14.5. The Balaban J connectivity index is 1.59. The highest BCUT2D eigenvalue weighted by Gasteiger charge is 2.36. The van der Waals surface area contributed by atoms with E-state index in [2.05, 4.69) is 43.0 Å². The van der Waals surface area contributed by atoms with E-state index in [4.69, 9.17) is 28.5 Å². The molecule has 0 radical (unpaired) electrons. The van der Waals surface area contributed by atoms with Crippen LogP contribution in [0.5, 0.6) is 5.75 Å². The molecule has 8 nitrogen and oxygen atoms in total. The molecule has 1 fully saturated rings. The second-order valence-corrected chi connectivity index (χ2v) is 11.0. The summed E-state index contributed by atoms with van der Waals surface area (Å²) >= 11 is 0. The number of piperidine rings is 1. The summed E-state index contributed by atoms with van der Waals surface area (Å²) in [5, 5.41) is 3.85. The number of ether oxygens (including phenoxy) is 5. The van der Waals surface area contributed by atoms with E-state index in [1.807, 2.05) is 30.3 Å². The third-order valence-electron chi connectivity index (χ3n) is 6.69. The lowest BCUT2D eigenvalue weighted by Gasteiger charge is -2.39. The first-order chi connectivity index (χ1) is 19.8. The summed E-state index contributed by atoms with van der Waals surface area (Å²) in [7, 11) is 1.64. The Kier molecular flexibility index (Phi) is 10.8. The van der Waals surface area contributed by atoms with Gasteiger partial charge >= 0.3 is 6.16 Å². The van der Waals surface area contributed by atoms with Crippen molar-refractivity contribution in [1.82, 2.24) is 5.06 Å². The van der Waals surface area contributed by atoms with E-state index >= 15 is 0 Å². The van der Waals surface area contributed by atoms with Crippen molar-refractivity contribution in [3.8, 4) is 5.75 Å². The molecule has 1 heterocycles. The van der Waals surface area contributed by atoms with Gasteiger partial charge in [-0.05, 0) is 61.7 Å². The molecule has 0 aromatic heterocycles. The Labute approximate surface area is 242 Å². The van der Waals surface area contributed by atoms with Crippen LogP contribution in [0, 0.1) is 0 Å². The van der Waals surface area contributed by atoms with Gasteiger partial charge < -0.3 is 28.5 Å². The molecule has 3 aromatic rings. The van der Waals surface area contributed by atoms with Crippen molar-refractivity contribution in [1.29, 1.82) is 0 Å². The average Bonchev–Trinajstić information content (AvgIpc) is 2.95. The number of carbonyl (C=O) groups excluding carboxylic acids is 1. The van der Waals surface area contributed by atoms with Gasteiger partial charge in [0.15, 0.2) is 6.29 Å². The summed E-state index contributed by atoms with van der Waals surface area (Å²) in [5.74, 6) is 0.796. The summed E-state index contributed by atoms with van der Waals surface area (Å²) < 4.78 is 29.3. The van der Waals surface area contributed by atoms with Crippen molar-refractivity contribution in [2.24, 2.45) is 0 Å². The number of nitrogens with zero attached hydrogens (tertiary/aromatic N) is 1. The molecule has 1 saturated heterocycles. The zero-order chi connectivity index (χ0) is 29.2.